The summed E-state index contributed by atoms with van der Waals surface area (Å²) < 4.78 is 44.4. The van der Waals surface area contributed by atoms with E-state index in [0.29, 0.717) is 0 Å². The van der Waals surface area contributed by atoms with Gasteiger partial charge in [0.25, 0.3) is 5.91 Å². The third-order valence-electron chi connectivity index (χ3n) is 4.22. The summed E-state index contributed by atoms with van der Waals surface area (Å²) in [6, 6.07) is 6.63. The average molecular weight is 435 g/mol. The highest BCUT2D eigenvalue weighted by atomic mass is 19.4. The van der Waals surface area contributed by atoms with E-state index in [2.05, 4.69) is 15.3 Å². The Morgan fingerprint density at radius 2 is 1.87 bits per heavy atom. The van der Waals surface area contributed by atoms with Gasteiger partial charge < -0.3 is 20.1 Å². The lowest BCUT2D eigenvalue weighted by Crippen LogP contribution is -2.18. The van der Waals surface area contributed by atoms with Crippen LogP contribution in [0.4, 0.5) is 18.9 Å². The third-order valence-corrected chi connectivity index (χ3v) is 4.22. The second-order valence-corrected chi connectivity index (χ2v) is 6.39. The van der Waals surface area contributed by atoms with Crippen molar-refractivity contribution in [2.75, 3.05) is 11.9 Å². The van der Waals surface area contributed by atoms with Gasteiger partial charge in [-0.1, -0.05) is 12.1 Å². The Morgan fingerprint density at radius 3 is 2.52 bits per heavy atom. The average Bonchev–Trinajstić information content (AvgIpc) is 3.08. The van der Waals surface area contributed by atoms with Gasteiger partial charge in [-0.3, -0.25) is 9.59 Å². The number of rotatable bonds is 6. The van der Waals surface area contributed by atoms with Crippen molar-refractivity contribution in [3.05, 3.63) is 58.9 Å². The number of aromatic nitrogens is 2. The van der Waals surface area contributed by atoms with Crippen LogP contribution in [0.1, 0.15) is 39.0 Å². The van der Waals surface area contributed by atoms with Gasteiger partial charge in [-0.15, -0.1) is 0 Å². The van der Waals surface area contributed by atoms with Gasteiger partial charge in [-0.25, -0.2) is 9.78 Å². The number of aromatic carboxylic acids is 1. The Morgan fingerprint density at radius 1 is 1.16 bits per heavy atom. The highest BCUT2D eigenvalue weighted by Crippen LogP contribution is 2.32. The van der Waals surface area contributed by atoms with Gasteiger partial charge in [0.2, 0.25) is 0 Å². The number of ether oxygens (including phenoxy) is 1. The molecular weight excluding hydrogens is 419 g/mol. The molecule has 1 heterocycles. The van der Waals surface area contributed by atoms with Crippen molar-refractivity contribution in [2.45, 2.75) is 19.5 Å². The zero-order chi connectivity index (χ0) is 22.8. The maximum absolute atomic E-state index is 13.2. The molecule has 0 saturated heterocycles. The molecule has 11 heteroatoms. The van der Waals surface area contributed by atoms with Gasteiger partial charge in [-0.2, -0.15) is 13.2 Å². The zero-order valence-corrected chi connectivity index (χ0v) is 16.0. The van der Waals surface area contributed by atoms with E-state index in [4.69, 9.17) is 4.74 Å². The molecule has 1 amide bonds. The SMILES string of the molecule is CCOC(=O)Cc1nc2c(C(=O)O)cc(NC(=O)c3ccccc3C(F)(F)F)cc2[nH]1. The first-order chi connectivity index (χ1) is 14.6. The van der Waals surface area contributed by atoms with Crippen molar-refractivity contribution < 1.29 is 37.4 Å². The number of carboxylic acid groups (broad SMARTS) is 1. The normalized spacial score (nSPS) is 11.4. The van der Waals surface area contributed by atoms with E-state index < -0.39 is 35.1 Å². The van der Waals surface area contributed by atoms with Gasteiger partial charge >= 0.3 is 18.1 Å². The molecule has 0 aliphatic rings. The van der Waals surface area contributed by atoms with E-state index in [-0.39, 0.29) is 41.1 Å². The van der Waals surface area contributed by atoms with Crippen LogP contribution in [0.25, 0.3) is 11.0 Å². The number of halogens is 3. The predicted molar refractivity (Wildman–Crippen MR) is 103 cm³/mol. The van der Waals surface area contributed by atoms with Crippen LogP contribution in [0.5, 0.6) is 0 Å². The number of esters is 1. The Bertz CT molecular complexity index is 1170. The summed E-state index contributed by atoms with van der Waals surface area (Å²) in [5.74, 6) is -2.86. The first-order valence-corrected chi connectivity index (χ1v) is 8.99. The molecule has 0 unspecified atom stereocenters. The van der Waals surface area contributed by atoms with Gasteiger partial charge in [-0.05, 0) is 31.2 Å². The topological polar surface area (TPSA) is 121 Å². The second-order valence-electron chi connectivity index (χ2n) is 6.39. The molecular formula is C20H16F3N3O5. The molecule has 3 aromatic rings. The summed E-state index contributed by atoms with van der Waals surface area (Å²) in [4.78, 5) is 42.6. The lowest BCUT2D eigenvalue weighted by Gasteiger charge is -2.13. The molecule has 162 valence electrons. The predicted octanol–water partition coefficient (Wildman–Crippen LogP) is 3.64. The van der Waals surface area contributed by atoms with Crippen LogP contribution in [-0.4, -0.2) is 39.5 Å². The largest absolute Gasteiger partial charge is 0.478 e. The Kier molecular flexibility index (Phi) is 5.95. The van der Waals surface area contributed by atoms with Crippen LogP contribution in [-0.2, 0) is 22.1 Å². The van der Waals surface area contributed by atoms with Gasteiger partial charge in [0, 0.05) is 5.69 Å². The minimum atomic E-state index is -4.74. The quantitative estimate of drug-likeness (QED) is 0.509. The number of fused-ring (bicyclic) bond motifs is 1. The van der Waals surface area contributed by atoms with E-state index in [1.54, 1.807) is 6.92 Å². The zero-order valence-electron chi connectivity index (χ0n) is 16.0. The van der Waals surface area contributed by atoms with Crippen molar-refractivity contribution in [2.24, 2.45) is 0 Å². The first kappa shape index (κ1) is 21.8. The Balaban J connectivity index is 1.97. The number of carboxylic acids is 1. The lowest BCUT2D eigenvalue weighted by atomic mass is 10.1. The smallest absolute Gasteiger partial charge is 0.417 e. The Labute approximate surface area is 173 Å². The number of carbonyl (C=O) groups is 3. The number of anilines is 1. The number of imidazole rings is 1. The van der Waals surface area contributed by atoms with Crippen LogP contribution in [0, 0.1) is 0 Å². The molecule has 0 radical (unpaired) electrons. The molecule has 0 saturated carbocycles. The molecule has 1 aromatic heterocycles. The number of H-pyrrole nitrogens is 1. The third kappa shape index (κ3) is 4.82. The summed E-state index contributed by atoms with van der Waals surface area (Å²) in [6.45, 7) is 1.79. The van der Waals surface area contributed by atoms with Crippen molar-refractivity contribution in [1.29, 1.82) is 0 Å². The van der Waals surface area contributed by atoms with Crippen LogP contribution in [0.15, 0.2) is 36.4 Å². The van der Waals surface area contributed by atoms with Crippen molar-refractivity contribution >= 4 is 34.6 Å². The van der Waals surface area contributed by atoms with E-state index in [1.165, 1.54) is 12.1 Å². The van der Waals surface area contributed by atoms with Gasteiger partial charge in [0.05, 0.1) is 28.8 Å². The van der Waals surface area contributed by atoms with E-state index in [0.717, 1.165) is 24.3 Å². The highest BCUT2D eigenvalue weighted by molar-refractivity contribution is 6.08. The van der Waals surface area contributed by atoms with Crippen LogP contribution >= 0.6 is 0 Å². The highest BCUT2D eigenvalue weighted by Gasteiger charge is 2.35. The fourth-order valence-corrected chi connectivity index (χ4v) is 2.96. The summed E-state index contributed by atoms with van der Waals surface area (Å²) in [6.07, 6.45) is -4.97. The van der Waals surface area contributed by atoms with Gasteiger partial charge in [0.15, 0.2) is 0 Å². The summed E-state index contributed by atoms with van der Waals surface area (Å²) in [5.41, 5.74) is -1.88. The first-order valence-electron chi connectivity index (χ1n) is 8.99. The summed E-state index contributed by atoms with van der Waals surface area (Å²) in [7, 11) is 0. The lowest BCUT2D eigenvalue weighted by molar-refractivity contribution is -0.142. The number of nitrogens with one attached hydrogen (secondary N) is 2. The number of amides is 1. The van der Waals surface area contributed by atoms with Crippen molar-refractivity contribution in [1.82, 2.24) is 9.97 Å². The number of alkyl halides is 3. The molecule has 8 nitrogen and oxygen atoms in total. The standard InChI is InChI=1S/C20H16F3N3O5/c1-2-31-16(27)9-15-25-14-8-10(7-12(19(29)30)17(14)26-15)24-18(28)11-5-3-4-6-13(11)20(21,22)23/h3-8H,2,9H2,1H3,(H,24,28)(H,25,26)(H,29,30). The number of hydrogen-bond acceptors (Lipinski definition) is 5. The molecule has 0 aliphatic heterocycles. The second kappa shape index (κ2) is 8.46. The van der Waals surface area contributed by atoms with E-state index in [1.807, 2.05) is 0 Å². The minimum absolute atomic E-state index is 0.0282. The fourth-order valence-electron chi connectivity index (χ4n) is 2.96. The molecule has 0 atom stereocenters. The number of hydrogen-bond donors (Lipinski definition) is 3. The molecule has 0 fully saturated rings. The fraction of sp³-hybridized carbons (Fsp3) is 0.200. The summed E-state index contributed by atoms with van der Waals surface area (Å²) >= 11 is 0. The van der Waals surface area contributed by atoms with E-state index >= 15 is 0 Å². The van der Waals surface area contributed by atoms with E-state index in [9.17, 15) is 32.7 Å². The molecule has 0 aliphatic carbocycles. The maximum atomic E-state index is 13.2. The maximum Gasteiger partial charge on any atom is 0.417 e. The molecule has 3 rings (SSSR count). The van der Waals surface area contributed by atoms with Crippen molar-refractivity contribution in [3.8, 4) is 0 Å². The Hall–Kier alpha value is -3.89. The number of nitrogens with zero attached hydrogens (tertiary/aromatic N) is 1. The van der Waals surface area contributed by atoms with Crippen molar-refractivity contribution in [3.63, 3.8) is 0 Å². The molecule has 0 spiro atoms. The molecule has 0 bridgehead atoms. The van der Waals surface area contributed by atoms with Crippen LogP contribution in [0.2, 0.25) is 0 Å². The number of carbonyl (C=O) groups excluding carboxylic acids is 2. The summed E-state index contributed by atoms with van der Waals surface area (Å²) in [5, 5.41) is 11.8. The van der Waals surface area contributed by atoms with Crippen LogP contribution < -0.4 is 5.32 Å². The number of aromatic amines is 1. The molecule has 2 aromatic carbocycles. The van der Waals surface area contributed by atoms with Gasteiger partial charge in [0.1, 0.15) is 17.8 Å². The number of benzene rings is 2. The minimum Gasteiger partial charge on any atom is -0.478 e. The monoisotopic (exact) mass is 435 g/mol. The molecule has 31 heavy (non-hydrogen) atoms. The molecule has 3 N–H and O–H groups in total. The van der Waals surface area contributed by atoms with Crippen LogP contribution in [0.3, 0.4) is 0 Å².